The SMILES string of the molecule is CC(C)Oc1cccc(-c2csc(NC(=O)CNC(=O)c3ccn(C)c3)n2)c1. The van der Waals surface area contributed by atoms with Gasteiger partial charge in [0, 0.05) is 30.4 Å². The van der Waals surface area contributed by atoms with Gasteiger partial charge in [-0.3, -0.25) is 9.59 Å². The fourth-order valence-electron chi connectivity index (χ4n) is 2.53. The standard InChI is InChI=1S/C20H22N4O3S/c1-13(2)27-16-6-4-5-14(9-16)17-12-28-20(22-17)23-18(25)10-21-19(26)15-7-8-24(3)11-15/h4-9,11-13H,10H2,1-3H3,(H,21,26)(H,22,23,25). The van der Waals surface area contributed by atoms with Gasteiger partial charge < -0.3 is 19.9 Å². The van der Waals surface area contributed by atoms with E-state index in [0.29, 0.717) is 10.7 Å². The Morgan fingerprint density at radius 2 is 2.11 bits per heavy atom. The van der Waals surface area contributed by atoms with Crippen molar-refractivity contribution in [2.75, 3.05) is 11.9 Å². The maximum Gasteiger partial charge on any atom is 0.253 e. The highest BCUT2D eigenvalue weighted by atomic mass is 32.1. The molecule has 0 bridgehead atoms. The number of rotatable bonds is 7. The van der Waals surface area contributed by atoms with Crippen LogP contribution in [0, 0.1) is 0 Å². The first kappa shape index (κ1) is 19.6. The molecule has 0 spiro atoms. The number of hydrogen-bond acceptors (Lipinski definition) is 5. The molecule has 0 saturated carbocycles. The van der Waals surface area contributed by atoms with Crippen molar-refractivity contribution in [3.05, 3.63) is 53.7 Å². The Kier molecular flexibility index (Phi) is 6.10. The molecule has 2 N–H and O–H groups in total. The predicted octanol–water partition coefficient (Wildman–Crippen LogP) is 3.30. The molecular formula is C20H22N4O3S. The van der Waals surface area contributed by atoms with Crippen molar-refractivity contribution >= 4 is 28.3 Å². The zero-order valence-electron chi connectivity index (χ0n) is 15.9. The van der Waals surface area contributed by atoms with E-state index in [2.05, 4.69) is 15.6 Å². The third kappa shape index (κ3) is 5.20. The van der Waals surface area contributed by atoms with Gasteiger partial charge in [0.2, 0.25) is 5.91 Å². The lowest BCUT2D eigenvalue weighted by Gasteiger charge is -2.10. The number of aromatic nitrogens is 2. The van der Waals surface area contributed by atoms with Gasteiger partial charge in [-0.2, -0.15) is 0 Å². The Labute approximate surface area is 167 Å². The number of ether oxygens (including phenoxy) is 1. The topological polar surface area (TPSA) is 85.3 Å². The van der Waals surface area contributed by atoms with Crippen molar-refractivity contribution in [3.8, 4) is 17.0 Å². The second-order valence-corrected chi connectivity index (χ2v) is 7.39. The molecule has 0 unspecified atom stereocenters. The molecule has 2 aromatic heterocycles. The number of carbonyl (C=O) groups is 2. The highest BCUT2D eigenvalue weighted by molar-refractivity contribution is 7.14. The van der Waals surface area contributed by atoms with Gasteiger partial charge in [-0.05, 0) is 32.0 Å². The molecule has 3 aromatic rings. The van der Waals surface area contributed by atoms with Crippen molar-refractivity contribution in [1.82, 2.24) is 14.9 Å². The summed E-state index contributed by atoms with van der Waals surface area (Å²) in [4.78, 5) is 28.5. The first-order valence-electron chi connectivity index (χ1n) is 8.83. The van der Waals surface area contributed by atoms with Crippen molar-refractivity contribution in [2.45, 2.75) is 20.0 Å². The molecule has 3 rings (SSSR count). The van der Waals surface area contributed by atoms with Crippen LogP contribution in [0.3, 0.4) is 0 Å². The van der Waals surface area contributed by atoms with Crippen LogP contribution in [0.1, 0.15) is 24.2 Å². The van der Waals surface area contributed by atoms with E-state index in [1.54, 1.807) is 23.0 Å². The molecule has 0 fully saturated rings. The third-order valence-corrected chi connectivity index (χ3v) is 4.51. The van der Waals surface area contributed by atoms with Crippen LogP contribution in [-0.2, 0) is 11.8 Å². The van der Waals surface area contributed by atoms with Crippen LogP contribution in [-0.4, -0.2) is 34.0 Å². The van der Waals surface area contributed by atoms with Crippen LogP contribution in [0.25, 0.3) is 11.3 Å². The molecule has 0 aliphatic rings. The smallest absolute Gasteiger partial charge is 0.253 e. The van der Waals surface area contributed by atoms with Crippen molar-refractivity contribution < 1.29 is 14.3 Å². The van der Waals surface area contributed by atoms with Crippen molar-refractivity contribution in [1.29, 1.82) is 0 Å². The average Bonchev–Trinajstić information content (AvgIpc) is 3.28. The van der Waals surface area contributed by atoms with E-state index in [9.17, 15) is 9.59 Å². The zero-order valence-corrected chi connectivity index (χ0v) is 16.7. The van der Waals surface area contributed by atoms with E-state index in [-0.39, 0.29) is 24.5 Å². The second kappa shape index (κ2) is 8.71. The molecule has 28 heavy (non-hydrogen) atoms. The summed E-state index contributed by atoms with van der Waals surface area (Å²) in [5.41, 5.74) is 2.17. The summed E-state index contributed by atoms with van der Waals surface area (Å²) in [7, 11) is 1.83. The number of anilines is 1. The largest absolute Gasteiger partial charge is 0.491 e. The Balaban J connectivity index is 1.57. The van der Waals surface area contributed by atoms with Crippen LogP contribution >= 0.6 is 11.3 Å². The van der Waals surface area contributed by atoms with Gasteiger partial charge in [-0.1, -0.05) is 12.1 Å². The number of aryl methyl sites for hydroxylation is 1. The molecule has 0 aliphatic carbocycles. The Morgan fingerprint density at radius 3 is 2.82 bits per heavy atom. The lowest BCUT2D eigenvalue weighted by molar-refractivity contribution is -0.115. The van der Waals surface area contributed by atoms with Gasteiger partial charge in [0.1, 0.15) is 5.75 Å². The highest BCUT2D eigenvalue weighted by Crippen LogP contribution is 2.27. The Bertz CT molecular complexity index is 977. The van der Waals surface area contributed by atoms with Crippen LogP contribution in [0.5, 0.6) is 5.75 Å². The summed E-state index contributed by atoms with van der Waals surface area (Å²) in [6, 6.07) is 9.35. The summed E-state index contributed by atoms with van der Waals surface area (Å²) in [5.74, 6) is 0.148. The van der Waals surface area contributed by atoms with Crippen LogP contribution in [0.2, 0.25) is 0 Å². The van der Waals surface area contributed by atoms with E-state index in [1.807, 2.05) is 50.5 Å². The van der Waals surface area contributed by atoms with Gasteiger partial charge in [0.25, 0.3) is 5.91 Å². The number of amides is 2. The molecule has 0 radical (unpaired) electrons. The molecule has 0 aliphatic heterocycles. The molecule has 0 atom stereocenters. The lowest BCUT2D eigenvalue weighted by Crippen LogP contribution is -2.32. The Morgan fingerprint density at radius 1 is 1.29 bits per heavy atom. The van der Waals surface area contributed by atoms with E-state index in [0.717, 1.165) is 17.0 Å². The fraction of sp³-hybridized carbons (Fsp3) is 0.250. The van der Waals surface area contributed by atoms with Gasteiger partial charge in [-0.15, -0.1) is 11.3 Å². The van der Waals surface area contributed by atoms with E-state index >= 15 is 0 Å². The second-order valence-electron chi connectivity index (χ2n) is 6.53. The number of thiazole rings is 1. The molecular weight excluding hydrogens is 376 g/mol. The summed E-state index contributed by atoms with van der Waals surface area (Å²) in [6.45, 7) is 3.82. The number of hydrogen-bond donors (Lipinski definition) is 2. The lowest BCUT2D eigenvalue weighted by atomic mass is 10.1. The van der Waals surface area contributed by atoms with Gasteiger partial charge in [0.15, 0.2) is 5.13 Å². The molecule has 7 nitrogen and oxygen atoms in total. The average molecular weight is 398 g/mol. The molecule has 2 amide bonds. The number of benzene rings is 1. The monoisotopic (exact) mass is 398 g/mol. The van der Waals surface area contributed by atoms with Crippen molar-refractivity contribution in [3.63, 3.8) is 0 Å². The number of nitrogens with one attached hydrogen (secondary N) is 2. The summed E-state index contributed by atoms with van der Waals surface area (Å²) in [5, 5.41) is 7.64. The summed E-state index contributed by atoms with van der Waals surface area (Å²) < 4.78 is 7.48. The van der Waals surface area contributed by atoms with E-state index < -0.39 is 0 Å². The molecule has 8 heteroatoms. The minimum Gasteiger partial charge on any atom is -0.491 e. The quantitative estimate of drug-likeness (QED) is 0.639. The van der Waals surface area contributed by atoms with E-state index in [4.69, 9.17) is 4.74 Å². The summed E-state index contributed by atoms with van der Waals surface area (Å²) in [6.07, 6.45) is 3.55. The van der Waals surface area contributed by atoms with Gasteiger partial charge in [0.05, 0.1) is 23.9 Å². The molecule has 146 valence electrons. The first-order valence-corrected chi connectivity index (χ1v) is 9.71. The predicted molar refractivity (Wildman–Crippen MR) is 110 cm³/mol. The van der Waals surface area contributed by atoms with Crippen LogP contribution < -0.4 is 15.4 Å². The van der Waals surface area contributed by atoms with Crippen LogP contribution in [0.15, 0.2) is 48.1 Å². The van der Waals surface area contributed by atoms with Gasteiger partial charge in [-0.25, -0.2) is 4.98 Å². The van der Waals surface area contributed by atoms with Crippen molar-refractivity contribution in [2.24, 2.45) is 7.05 Å². The Hall–Kier alpha value is -3.13. The zero-order chi connectivity index (χ0) is 20.1. The van der Waals surface area contributed by atoms with Gasteiger partial charge >= 0.3 is 0 Å². The number of carbonyl (C=O) groups excluding carboxylic acids is 2. The maximum absolute atomic E-state index is 12.1. The third-order valence-electron chi connectivity index (χ3n) is 3.76. The minimum absolute atomic E-state index is 0.0895. The molecule has 2 heterocycles. The minimum atomic E-state index is -0.331. The molecule has 0 saturated heterocycles. The maximum atomic E-state index is 12.1. The number of nitrogens with zero attached hydrogens (tertiary/aromatic N) is 2. The van der Waals surface area contributed by atoms with Crippen LogP contribution in [0.4, 0.5) is 5.13 Å². The highest BCUT2D eigenvalue weighted by Gasteiger charge is 2.12. The summed E-state index contributed by atoms with van der Waals surface area (Å²) >= 11 is 1.33. The van der Waals surface area contributed by atoms with E-state index in [1.165, 1.54) is 11.3 Å². The fourth-order valence-corrected chi connectivity index (χ4v) is 3.26. The first-order chi connectivity index (χ1) is 13.4. The molecule has 1 aromatic carbocycles. The normalized spacial score (nSPS) is 10.7.